The normalized spacial score (nSPS) is 15.2. The van der Waals surface area contributed by atoms with Crippen molar-refractivity contribution in [3.8, 4) is 0 Å². The van der Waals surface area contributed by atoms with Crippen molar-refractivity contribution in [1.82, 2.24) is 4.90 Å². The molecule has 32 heavy (non-hydrogen) atoms. The van der Waals surface area contributed by atoms with Gasteiger partial charge < -0.3 is 4.90 Å². The minimum atomic E-state index is 0.499. The smallest absolute Gasteiger partial charge is 0.133 e. The molecule has 0 unspecified atom stereocenters. The summed E-state index contributed by atoms with van der Waals surface area (Å²) in [5.41, 5.74) is 0. The lowest BCUT2D eigenvalue weighted by molar-refractivity contribution is -0.121. The summed E-state index contributed by atoms with van der Waals surface area (Å²) in [7, 11) is 0. The van der Waals surface area contributed by atoms with Crippen LogP contribution < -0.4 is 0 Å². The van der Waals surface area contributed by atoms with Crippen molar-refractivity contribution in [1.29, 1.82) is 0 Å². The first-order chi connectivity index (χ1) is 15.8. The lowest BCUT2D eigenvalue weighted by atomic mass is 9.92. The Balaban J connectivity index is 2.10. The Morgan fingerprint density at radius 1 is 0.531 bits per heavy atom. The van der Waals surface area contributed by atoms with Gasteiger partial charge in [0.25, 0.3) is 0 Å². The topological polar surface area (TPSA) is 20.3 Å². The van der Waals surface area contributed by atoms with E-state index in [9.17, 15) is 4.79 Å². The number of rotatable bonds is 23. The molecule has 0 spiro atoms. The van der Waals surface area contributed by atoms with Crippen LogP contribution in [0.4, 0.5) is 0 Å². The fraction of sp³-hybridized carbons (Fsp3) is 0.967. The van der Waals surface area contributed by atoms with Crippen LogP contribution in [0.5, 0.6) is 0 Å². The summed E-state index contributed by atoms with van der Waals surface area (Å²) in [4.78, 5) is 14.5. The molecule has 190 valence electrons. The van der Waals surface area contributed by atoms with Crippen LogP contribution >= 0.6 is 0 Å². The van der Waals surface area contributed by atoms with Gasteiger partial charge in [0, 0.05) is 18.9 Å². The molecular formula is C30H59NO. The van der Waals surface area contributed by atoms with Crippen molar-refractivity contribution >= 4 is 5.78 Å². The van der Waals surface area contributed by atoms with Gasteiger partial charge in [-0.1, -0.05) is 129 Å². The highest BCUT2D eigenvalue weighted by Gasteiger charge is 2.23. The van der Waals surface area contributed by atoms with E-state index in [2.05, 4.69) is 18.7 Å². The first-order valence-corrected chi connectivity index (χ1v) is 15.0. The highest BCUT2D eigenvalue weighted by Crippen LogP contribution is 2.22. The molecule has 1 rings (SSSR count). The average Bonchev–Trinajstić information content (AvgIpc) is 2.80. The van der Waals surface area contributed by atoms with Crippen LogP contribution in [0.1, 0.15) is 168 Å². The van der Waals surface area contributed by atoms with E-state index in [1.165, 1.54) is 142 Å². The van der Waals surface area contributed by atoms with Crippen molar-refractivity contribution in [2.45, 2.75) is 174 Å². The summed E-state index contributed by atoms with van der Waals surface area (Å²) in [5.74, 6) is 0.499. The van der Waals surface area contributed by atoms with E-state index in [0.717, 1.165) is 25.7 Å². The second kappa shape index (κ2) is 22.4. The van der Waals surface area contributed by atoms with E-state index in [1.54, 1.807) is 0 Å². The quantitative estimate of drug-likeness (QED) is 0.145. The van der Waals surface area contributed by atoms with Gasteiger partial charge in [-0.15, -0.1) is 0 Å². The van der Waals surface area contributed by atoms with Crippen LogP contribution in [-0.4, -0.2) is 29.8 Å². The molecule has 1 fully saturated rings. The molecular weight excluding hydrogens is 390 g/mol. The van der Waals surface area contributed by atoms with Gasteiger partial charge in [0.2, 0.25) is 0 Å². The number of Topliss-reactive ketones (excluding diaryl/α,β-unsaturated/α-hetero) is 1. The average molecular weight is 450 g/mol. The number of carbonyl (C=O) groups excluding carboxylic acids is 1. The third kappa shape index (κ3) is 17.2. The number of unbranched alkanes of at least 4 members (excludes halogenated alkanes) is 18. The SMILES string of the molecule is CCCCCCCCCCCCN(CCCCCCCCCCCC)C1CCC(=O)CC1. The second-order valence-electron chi connectivity index (χ2n) is 10.7. The third-order valence-electron chi connectivity index (χ3n) is 7.63. The zero-order valence-electron chi connectivity index (χ0n) is 22.3. The van der Waals surface area contributed by atoms with E-state index >= 15 is 0 Å². The highest BCUT2D eigenvalue weighted by molar-refractivity contribution is 5.79. The molecule has 0 atom stereocenters. The molecule has 0 aromatic rings. The van der Waals surface area contributed by atoms with Crippen LogP contribution in [-0.2, 0) is 4.79 Å². The summed E-state index contributed by atoms with van der Waals surface area (Å²) >= 11 is 0. The Morgan fingerprint density at radius 3 is 1.19 bits per heavy atom. The number of ketones is 1. The van der Waals surface area contributed by atoms with Gasteiger partial charge in [-0.2, -0.15) is 0 Å². The molecule has 0 heterocycles. The van der Waals surface area contributed by atoms with Gasteiger partial charge in [-0.05, 0) is 38.8 Å². The summed E-state index contributed by atoms with van der Waals surface area (Å²) in [6.45, 7) is 7.13. The molecule has 1 aliphatic rings. The molecule has 1 saturated carbocycles. The molecule has 0 aromatic heterocycles. The maximum Gasteiger partial charge on any atom is 0.133 e. The van der Waals surface area contributed by atoms with Crippen LogP contribution in [0.3, 0.4) is 0 Å². The zero-order chi connectivity index (χ0) is 23.1. The van der Waals surface area contributed by atoms with Crippen molar-refractivity contribution in [2.75, 3.05) is 13.1 Å². The molecule has 0 aromatic carbocycles. The van der Waals surface area contributed by atoms with Gasteiger partial charge in [0.1, 0.15) is 5.78 Å². The Hall–Kier alpha value is -0.370. The Kier molecular flexibility index (Phi) is 20.8. The van der Waals surface area contributed by atoms with Crippen molar-refractivity contribution < 1.29 is 4.79 Å². The highest BCUT2D eigenvalue weighted by atomic mass is 16.1. The standard InChI is InChI=1S/C30H59NO/c1-3-5-7-9-11-13-15-17-19-21-27-31(29-23-25-30(32)26-24-29)28-22-20-18-16-14-12-10-8-6-4-2/h29H,3-28H2,1-2H3. The Labute approximate surface area is 202 Å². The maximum absolute atomic E-state index is 11.7. The van der Waals surface area contributed by atoms with Crippen LogP contribution in [0.25, 0.3) is 0 Å². The van der Waals surface area contributed by atoms with E-state index in [1.807, 2.05) is 0 Å². The Morgan fingerprint density at radius 2 is 0.844 bits per heavy atom. The Bertz CT molecular complexity index is 374. The molecule has 1 aliphatic carbocycles. The van der Waals surface area contributed by atoms with Crippen molar-refractivity contribution in [2.24, 2.45) is 0 Å². The van der Waals surface area contributed by atoms with Crippen LogP contribution in [0, 0.1) is 0 Å². The number of nitrogens with zero attached hydrogens (tertiary/aromatic N) is 1. The third-order valence-corrected chi connectivity index (χ3v) is 7.63. The number of carbonyl (C=O) groups is 1. The summed E-state index contributed by atoms with van der Waals surface area (Å²) in [6.07, 6.45) is 32.2. The predicted octanol–water partition coefficient (Wildman–Crippen LogP) is 9.64. The molecule has 0 N–H and O–H groups in total. The first kappa shape index (κ1) is 29.7. The molecule has 2 heteroatoms. The van der Waals surface area contributed by atoms with Crippen LogP contribution in [0.15, 0.2) is 0 Å². The molecule has 0 radical (unpaired) electrons. The van der Waals surface area contributed by atoms with E-state index in [0.29, 0.717) is 11.8 Å². The van der Waals surface area contributed by atoms with E-state index < -0.39 is 0 Å². The van der Waals surface area contributed by atoms with Gasteiger partial charge in [-0.3, -0.25) is 4.79 Å². The monoisotopic (exact) mass is 449 g/mol. The number of hydrogen-bond acceptors (Lipinski definition) is 2. The lowest BCUT2D eigenvalue weighted by Crippen LogP contribution is -2.39. The van der Waals surface area contributed by atoms with Crippen molar-refractivity contribution in [3.05, 3.63) is 0 Å². The minimum absolute atomic E-state index is 0.499. The van der Waals surface area contributed by atoms with Gasteiger partial charge in [-0.25, -0.2) is 0 Å². The van der Waals surface area contributed by atoms with E-state index in [-0.39, 0.29) is 0 Å². The second-order valence-corrected chi connectivity index (χ2v) is 10.7. The van der Waals surface area contributed by atoms with Crippen LogP contribution in [0.2, 0.25) is 0 Å². The minimum Gasteiger partial charge on any atom is -0.300 e. The summed E-state index contributed by atoms with van der Waals surface area (Å²) in [6, 6.07) is 0.685. The van der Waals surface area contributed by atoms with Gasteiger partial charge in [0.15, 0.2) is 0 Å². The summed E-state index contributed by atoms with van der Waals surface area (Å²) in [5, 5.41) is 0. The fourth-order valence-corrected chi connectivity index (χ4v) is 5.37. The lowest BCUT2D eigenvalue weighted by Gasteiger charge is -2.34. The molecule has 0 amide bonds. The molecule has 0 saturated heterocycles. The molecule has 0 aliphatic heterocycles. The summed E-state index contributed by atoms with van der Waals surface area (Å²) < 4.78 is 0. The van der Waals surface area contributed by atoms with E-state index in [4.69, 9.17) is 0 Å². The fourth-order valence-electron chi connectivity index (χ4n) is 5.37. The van der Waals surface area contributed by atoms with Gasteiger partial charge in [0.05, 0.1) is 0 Å². The largest absolute Gasteiger partial charge is 0.300 e. The maximum atomic E-state index is 11.7. The first-order valence-electron chi connectivity index (χ1n) is 15.0. The molecule has 2 nitrogen and oxygen atoms in total. The van der Waals surface area contributed by atoms with Crippen molar-refractivity contribution in [3.63, 3.8) is 0 Å². The zero-order valence-corrected chi connectivity index (χ0v) is 22.3. The predicted molar refractivity (Wildman–Crippen MR) is 143 cm³/mol. The van der Waals surface area contributed by atoms with Gasteiger partial charge >= 0.3 is 0 Å². The molecule has 0 bridgehead atoms. The number of hydrogen-bond donors (Lipinski definition) is 0.